The summed E-state index contributed by atoms with van der Waals surface area (Å²) >= 11 is 0. The third kappa shape index (κ3) is 4.93. The molecule has 0 unspecified atom stereocenters. The van der Waals surface area contributed by atoms with Gasteiger partial charge in [-0.15, -0.1) is 0 Å². The lowest BCUT2D eigenvalue weighted by atomic mass is 9.87. The molecule has 5 nitrogen and oxygen atoms in total. The van der Waals surface area contributed by atoms with E-state index in [0.717, 1.165) is 5.56 Å². The first kappa shape index (κ1) is 19.7. The number of nitriles is 1. The van der Waals surface area contributed by atoms with E-state index in [0.29, 0.717) is 11.3 Å². The minimum atomic E-state index is -3.55. The van der Waals surface area contributed by atoms with E-state index < -0.39 is 15.7 Å². The van der Waals surface area contributed by atoms with Gasteiger partial charge in [0.15, 0.2) is 9.84 Å². The largest absolute Gasteiger partial charge is 0.325 e. The summed E-state index contributed by atoms with van der Waals surface area (Å²) in [6, 6.07) is 15.3. The van der Waals surface area contributed by atoms with Crippen LogP contribution in [0.5, 0.6) is 0 Å². The fraction of sp³-hybridized carbons (Fsp3) is 0.300. The van der Waals surface area contributed by atoms with E-state index in [2.05, 4.69) is 26.1 Å². The van der Waals surface area contributed by atoms with E-state index in [4.69, 9.17) is 5.26 Å². The highest BCUT2D eigenvalue weighted by Gasteiger charge is 2.19. The maximum absolute atomic E-state index is 12.4. The molecule has 2 aromatic rings. The molecule has 0 saturated carbocycles. The van der Waals surface area contributed by atoms with Gasteiger partial charge in [0.1, 0.15) is 6.07 Å². The van der Waals surface area contributed by atoms with Crippen LogP contribution in [0.3, 0.4) is 0 Å². The predicted octanol–water partition coefficient (Wildman–Crippen LogP) is 3.66. The van der Waals surface area contributed by atoms with Crippen LogP contribution in [0.4, 0.5) is 5.69 Å². The summed E-state index contributed by atoms with van der Waals surface area (Å²) in [6.07, 6.45) is -0.177. The van der Waals surface area contributed by atoms with Crippen molar-refractivity contribution in [1.82, 2.24) is 0 Å². The third-order valence-corrected chi connectivity index (χ3v) is 5.73. The van der Waals surface area contributed by atoms with Gasteiger partial charge in [0.05, 0.1) is 21.9 Å². The van der Waals surface area contributed by atoms with Gasteiger partial charge in [-0.05, 0) is 35.2 Å². The van der Waals surface area contributed by atoms with Crippen LogP contribution >= 0.6 is 0 Å². The van der Waals surface area contributed by atoms with Gasteiger partial charge in [-0.2, -0.15) is 5.26 Å². The number of benzene rings is 2. The van der Waals surface area contributed by atoms with Gasteiger partial charge < -0.3 is 5.32 Å². The van der Waals surface area contributed by atoms with E-state index in [-0.39, 0.29) is 22.5 Å². The molecule has 0 aliphatic carbocycles. The maximum Gasteiger partial charge on any atom is 0.225 e. The lowest BCUT2D eigenvalue weighted by molar-refractivity contribution is -0.115. The lowest BCUT2D eigenvalue weighted by Crippen LogP contribution is -2.18. The molecule has 0 atom stereocenters. The molecule has 0 aromatic heterocycles. The Bertz CT molecular complexity index is 934. The zero-order valence-corrected chi connectivity index (χ0v) is 15.9. The quantitative estimate of drug-likeness (QED) is 0.870. The predicted molar refractivity (Wildman–Crippen MR) is 102 cm³/mol. The van der Waals surface area contributed by atoms with Crippen LogP contribution in [0.2, 0.25) is 0 Å². The van der Waals surface area contributed by atoms with Crippen LogP contribution in [0.25, 0.3) is 0 Å². The molecule has 0 aliphatic heterocycles. The monoisotopic (exact) mass is 370 g/mol. The molecule has 1 amide bonds. The highest BCUT2D eigenvalue weighted by atomic mass is 32.2. The van der Waals surface area contributed by atoms with Crippen molar-refractivity contribution in [1.29, 1.82) is 5.26 Å². The summed E-state index contributed by atoms with van der Waals surface area (Å²) in [5.74, 6) is -0.731. The number of nitrogens with one attached hydrogen (secondary N) is 1. The molecule has 1 N–H and O–H groups in total. The van der Waals surface area contributed by atoms with Gasteiger partial charge >= 0.3 is 0 Å². The summed E-state index contributed by atoms with van der Waals surface area (Å²) in [5, 5.41) is 11.6. The molecule has 0 heterocycles. The van der Waals surface area contributed by atoms with Crippen molar-refractivity contribution < 1.29 is 13.2 Å². The fourth-order valence-electron chi connectivity index (χ4n) is 2.41. The summed E-state index contributed by atoms with van der Waals surface area (Å²) < 4.78 is 24.9. The van der Waals surface area contributed by atoms with Crippen LogP contribution in [0, 0.1) is 11.3 Å². The van der Waals surface area contributed by atoms with Gasteiger partial charge in [0, 0.05) is 6.42 Å². The Morgan fingerprint density at radius 1 is 1.08 bits per heavy atom. The molecule has 2 aromatic carbocycles. The van der Waals surface area contributed by atoms with E-state index >= 15 is 0 Å². The Hall–Kier alpha value is -2.65. The van der Waals surface area contributed by atoms with Crippen molar-refractivity contribution in [2.24, 2.45) is 0 Å². The van der Waals surface area contributed by atoms with Gasteiger partial charge in [0.25, 0.3) is 0 Å². The molecule has 2 rings (SSSR count). The first-order chi connectivity index (χ1) is 12.1. The molecule has 0 fully saturated rings. The van der Waals surface area contributed by atoms with Gasteiger partial charge in [-0.25, -0.2) is 8.42 Å². The molecule has 0 radical (unpaired) electrons. The van der Waals surface area contributed by atoms with Crippen molar-refractivity contribution in [3.8, 4) is 6.07 Å². The van der Waals surface area contributed by atoms with E-state index in [1.807, 2.05) is 6.07 Å². The molecule has 0 bridgehead atoms. The summed E-state index contributed by atoms with van der Waals surface area (Å²) in [4.78, 5) is 12.3. The van der Waals surface area contributed by atoms with Crippen LogP contribution in [-0.2, 0) is 20.0 Å². The fourth-order valence-corrected chi connectivity index (χ4v) is 3.65. The molecule has 0 saturated heterocycles. The minimum Gasteiger partial charge on any atom is -0.325 e. The van der Waals surface area contributed by atoms with Gasteiger partial charge in [-0.3, -0.25) is 4.79 Å². The summed E-state index contributed by atoms with van der Waals surface area (Å²) in [7, 11) is -3.55. The second-order valence-corrected chi connectivity index (χ2v) is 9.16. The Kier molecular flexibility index (Phi) is 5.83. The molecule has 6 heteroatoms. The van der Waals surface area contributed by atoms with E-state index in [9.17, 15) is 13.2 Å². The highest BCUT2D eigenvalue weighted by molar-refractivity contribution is 7.91. The Morgan fingerprint density at radius 2 is 1.69 bits per heavy atom. The molecule has 0 spiro atoms. The highest BCUT2D eigenvalue weighted by Crippen LogP contribution is 2.24. The van der Waals surface area contributed by atoms with Crippen molar-refractivity contribution in [3.05, 3.63) is 59.7 Å². The molecular weight excluding hydrogens is 348 g/mol. The number of nitrogens with zero attached hydrogens (tertiary/aromatic N) is 1. The van der Waals surface area contributed by atoms with Crippen LogP contribution in [-0.4, -0.2) is 20.1 Å². The SMILES string of the molecule is CC(C)(C)c1ccc(S(=O)(=O)CCC(=O)Nc2ccccc2C#N)cc1. The van der Waals surface area contributed by atoms with Crippen LogP contribution in [0.1, 0.15) is 38.3 Å². The van der Waals surface area contributed by atoms with Crippen LogP contribution in [0.15, 0.2) is 53.4 Å². The number of hydrogen-bond donors (Lipinski definition) is 1. The van der Waals surface area contributed by atoms with Crippen molar-refractivity contribution in [2.75, 3.05) is 11.1 Å². The summed E-state index contributed by atoms with van der Waals surface area (Å²) in [6.45, 7) is 6.17. The molecule has 0 aliphatic rings. The second-order valence-electron chi connectivity index (χ2n) is 7.05. The first-order valence-electron chi connectivity index (χ1n) is 8.26. The van der Waals surface area contributed by atoms with Gasteiger partial charge in [0.2, 0.25) is 5.91 Å². The van der Waals surface area contributed by atoms with E-state index in [1.54, 1.807) is 48.5 Å². The number of sulfone groups is 1. The molecular formula is C20H22N2O3S. The first-order valence-corrected chi connectivity index (χ1v) is 9.91. The standard InChI is InChI=1S/C20H22N2O3S/c1-20(2,3)16-8-10-17(11-9-16)26(24,25)13-12-19(23)22-18-7-5-4-6-15(18)14-21/h4-11H,12-13H2,1-3H3,(H,22,23). The number of carbonyl (C=O) groups is 1. The van der Waals surface area contributed by atoms with Crippen molar-refractivity contribution >= 4 is 21.4 Å². The second kappa shape index (κ2) is 7.71. The van der Waals surface area contributed by atoms with Gasteiger partial charge in [-0.1, -0.05) is 45.0 Å². The Morgan fingerprint density at radius 3 is 2.27 bits per heavy atom. The number of hydrogen-bond acceptors (Lipinski definition) is 4. The average molecular weight is 370 g/mol. The smallest absolute Gasteiger partial charge is 0.225 e. The zero-order valence-electron chi connectivity index (χ0n) is 15.1. The normalized spacial score (nSPS) is 11.6. The number of amides is 1. The number of carbonyl (C=O) groups excluding carboxylic acids is 1. The molecule has 136 valence electrons. The maximum atomic E-state index is 12.4. The average Bonchev–Trinajstić information content (AvgIpc) is 2.60. The number of para-hydroxylation sites is 1. The van der Waals surface area contributed by atoms with Crippen molar-refractivity contribution in [2.45, 2.75) is 37.5 Å². The van der Waals surface area contributed by atoms with E-state index in [1.165, 1.54) is 0 Å². The van der Waals surface area contributed by atoms with Crippen molar-refractivity contribution in [3.63, 3.8) is 0 Å². The minimum absolute atomic E-state index is 0.0592. The Labute approximate surface area is 154 Å². The zero-order chi connectivity index (χ0) is 19.4. The number of rotatable bonds is 5. The number of anilines is 1. The third-order valence-electron chi connectivity index (χ3n) is 4.00. The topological polar surface area (TPSA) is 87.0 Å². The summed E-state index contributed by atoms with van der Waals surface area (Å²) in [5.41, 5.74) is 1.70. The molecule has 26 heavy (non-hydrogen) atoms. The van der Waals surface area contributed by atoms with Crippen LogP contribution < -0.4 is 5.32 Å². The Balaban J connectivity index is 2.03. The lowest BCUT2D eigenvalue weighted by Gasteiger charge is -2.19.